The molecule has 4 heterocycles. The summed E-state index contributed by atoms with van der Waals surface area (Å²) in [6, 6.07) is 0. The number of aryl methyl sites for hydroxylation is 1. The highest BCUT2D eigenvalue weighted by molar-refractivity contribution is 7.71. The molecule has 0 bridgehead atoms. The van der Waals surface area contributed by atoms with Crippen LogP contribution in [0.1, 0.15) is 30.7 Å². The average molecular weight is 301 g/mol. The summed E-state index contributed by atoms with van der Waals surface area (Å²) in [5.41, 5.74) is 5.25. The quantitative estimate of drug-likeness (QED) is 0.643. The van der Waals surface area contributed by atoms with Crippen LogP contribution in [0.5, 0.6) is 0 Å². The molecule has 0 atom stereocenters. The van der Waals surface area contributed by atoms with Gasteiger partial charge in [-0.1, -0.05) is 12.2 Å². The predicted molar refractivity (Wildman–Crippen MR) is 81.8 cm³/mol. The summed E-state index contributed by atoms with van der Waals surface area (Å²) in [7, 11) is 0. The second-order valence-electron chi connectivity index (χ2n) is 6.07. The minimum atomic E-state index is -0.193. The Hall–Kier alpha value is -1.79. The molecule has 0 radical (unpaired) electrons. The fourth-order valence-electron chi connectivity index (χ4n) is 3.00. The Morgan fingerprint density at radius 1 is 1.33 bits per heavy atom. The second-order valence-corrected chi connectivity index (χ2v) is 6.46. The van der Waals surface area contributed by atoms with Crippen LogP contribution in [0.3, 0.4) is 0 Å². The van der Waals surface area contributed by atoms with Crippen LogP contribution in [0.4, 0.5) is 0 Å². The molecule has 0 unspecified atom stereocenters. The topological polar surface area (TPSA) is 63.9 Å². The van der Waals surface area contributed by atoms with Gasteiger partial charge in [-0.2, -0.15) is 0 Å². The highest BCUT2D eigenvalue weighted by Crippen LogP contribution is 2.37. The van der Waals surface area contributed by atoms with Crippen LogP contribution in [-0.2, 0) is 17.8 Å². The van der Waals surface area contributed by atoms with Crippen LogP contribution >= 0.6 is 12.2 Å². The normalized spacial score (nSPS) is 17.3. The summed E-state index contributed by atoms with van der Waals surface area (Å²) in [4.78, 5) is 11.8. The molecule has 1 aliphatic heterocycles. The summed E-state index contributed by atoms with van der Waals surface area (Å²) >= 11 is 5.25. The summed E-state index contributed by atoms with van der Waals surface area (Å²) in [5.74, 6) is 0. The van der Waals surface area contributed by atoms with E-state index < -0.39 is 0 Å². The number of aromatic nitrogens is 3. The number of aromatic amines is 1. The molecule has 5 nitrogen and oxygen atoms in total. The van der Waals surface area contributed by atoms with Gasteiger partial charge in [0.25, 0.3) is 0 Å². The molecule has 4 rings (SSSR count). The smallest absolute Gasteiger partial charge is 0.229 e. The molecule has 3 aromatic rings. The predicted octanol–water partition coefficient (Wildman–Crippen LogP) is 3.59. The molecule has 108 valence electrons. The lowest BCUT2D eigenvalue weighted by Gasteiger charge is -2.32. The van der Waals surface area contributed by atoms with Crippen molar-refractivity contribution >= 4 is 34.4 Å². The van der Waals surface area contributed by atoms with Crippen LogP contribution < -0.4 is 0 Å². The molecule has 3 aromatic heterocycles. The maximum atomic E-state index is 5.92. The molecule has 1 aliphatic rings. The lowest BCUT2D eigenvalue weighted by Crippen LogP contribution is -2.32. The van der Waals surface area contributed by atoms with Gasteiger partial charge in [-0.25, -0.2) is 9.97 Å². The van der Waals surface area contributed by atoms with Crippen LogP contribution in [0.15, 0.2) is 10.7 Å². The highest BCUT2D eigenvalue weighted by atomic mass is 32.1. The maximum Gasteiger partial charge on any atom is 0.229 e. The first-order valence-corrected chi connectivity index (χ1v) is 7.29. The molecule has 21 heavy (non-hydrogen) atoms. The van der Waals surface area contributed by atoms with Gasteiger partial charge < -0.3 is 14.1 Å². The molecule has 0 saturated carbocycles. The molecular weight excluding hydrogens is 286 g/mol. The van der Waals surface area contributed by atoms with Crippen molar-refractivity contribution in [3.8, 4) is 0 Å². The third-order valence-electron chi connectivity index (χ3n) is 4.06. The molecule has 0 aliphatic carbocycles. The van der Waals surface area contributed by atoms with Crippen molar-refractivity contribution in [1.29, 1.82) is 0 Å². The van der Waals surface area contributed by atoms with Gasteiger partial charge in [0.2, 0.25) is 5.71 Å². The minimum absolute atomic E-state index is 0.193. The van der Waals surface area contributed by atoms with Crippen molar-refractivity contribution in [3.63, 3.8) is 0 Å². The van der Waals surface area contributed by atoms with E-state index in [0.717, 1.165) is 28.6 Å². The van der Waals surface area contributed by atoms with E-state index in [1.54, 1.807) is 6.33 Å². The van der Waals surface area contributed by atoms with Crippen molar-refractivity contribution < 1.29 is 9.15 Å². The first kappa shape index (κ1) is 12.9. The zero-order valence-corrected chi connectivity index (χ0v) is 12.9. The van der Waals surface area contributed by atoms with Gasteiger partial charge in [0.1, 0.15) is 0 Å². The Bertz CT molecular complexity index is 939. The Morgan fingerprint density at radius 2 is 2.14 bits per heavy atom. The van der Waals surface area contributed by atoms with Crippen LogP contribution in [0.2, 0.25) is 0 Å². The van der Waals surface area contributed by atoms with Crippen molar-refractivity contribution in [1.82, 2.24) is 15.0 Å². The van der Waals surface area contributed by atoms with E-state index in [1.165, 1.54) is 5.56 Å². The molecule has 0 spiro atoms. The monoisotopic (exact) mass is 301 g/mol. The van der Waals surface area contributed by atoms with Crippen LogP contribution in [-0.4, -0.2) is 20.6 Å². The molecule has 1 N–H and O–H groups in total. The Kier molecular flexibility index (Phi) is 2.53. The third kappa shape index (κ3) is 1.82. The lowest BCUT2D eigenvalue weighted by atomic mass is 9.89. The fraction of sp³-hybridized carbons (Fsp3) is 0.400. The standard InChI is InChI=1S/C15H15N3O2S/c1-7-9-5-19-15(2,3)4-8(9)10-11-12(20-13(10)18-7)14(21)17-6-16-11/h6H,4-5H2,1-3H3,(H,16,17,21). The Labute approximate surface area is 126 Å². The van der Waals surface area contributed by atoms with Gasteiger partial charge in [-0.3, -0.25) is 0 Å². The first-order chi connectivity index (χ1) is 9.96. The van der Waals surface area contributed by atoms with Crippen molar-refractivity contribution in [3.05, 3.63) is 27.8 Å². The molecule has 0 fully saturated rings. The minimum Gasteiger partial charge on any atom is -0.433 e. The van der Waals surface area contributed by atoms with Gasteiger partial charge >= 0.3 is 0 Å². The van der Waals surface area contributed by atoms with E-state index in [1.807, 2.05) is 6.92 Å². The highest BCUT2D eigenvalue weighted by Gasteiger charge is 2.31. The average Bonchev–Trinajstić information content (AvgIpc) is 2.77. The number of hydrogen-bond donors (Lipinski definition) is 1. The summed E-state index contributed by atoms with van der Waals surface area (Å²) in [6.45, 7) is 6.77. The number of rotatable bonds is 0. The van der Waals surface area contributed by atoms with E-state index in [2.05, 4.69) is 28.8 Å². The molecule has 0 amide bonds. The van der Waals surface area contributed by atoms with Gasteiger partial charge in [0.05, 0.1) is 29.4 Å². The number of pyridine rings is 1. The Morgan fingerprint density at radius 3 is 2.95 bits per heavy atom. The number of ether oxygens (including phenoxy) is 1. The molecule has 0 saturated heterocycles. The summed E-state index contributed by atoms with van der Waals surface area (Å²) < 4.78 is 12.2. The number of nitrogens with zero attached hydrogens (tertiary/aromatic N) is 2. The SMILES string of the molecule is Cc1nc2oc3c(=S)nc[nH]c3c2c2c1COC(C)(C)C2. The molecular formula is C15H15N3O2S. The van der Waals surface area contributed by atoms with Crippen molar-refractivity contribution in [2.75, 3.05) is 0 Å². The van der Waals surface area contributed by atoms with E-state index in [0.29, 0.717) is 22.5 Å². The fourth-order valence-corrected chi connectivity index (χ4v) is 3.20. The van der Waals surface area contributed by atoms with Crippen LogP contribution in [0, 0.1) is 11.6 Å². The number of fused-ring (bicyclic) bond motifs is 5. The van der Waals surface area contributed by atoms with Gasteiger partial charge in [-0.05, 0) is 26.3 Å². The summed E-state index contributed by atoms with van der Waals surface area (Å²) in [5, 5.41) is 1.01. The Balaban J connectivity index is 2.19. The van der Waals surface area contributed by atoms with Crippen molar-refractivity contribution in [2.24, 2.45) is 0 Å². The number of hydrogen-bond acceptors (Lipinski definition) is 5. The number of H-pyrrole nitrogens is 1. The third-order valence-corrected chi connectivity index (χ3v) is 4.35. The van der Waals surface area contributed by atoms with E-state index >= 15 is 0 Å². The first-order valence-electron chi connectivity index (χ1n) is 6.88. The largest absolute Gasteiger partial charge is 0.433 e. The molecule has 6 heteroatoms. The van der Waals surface area contributed by atoms with E-state index in [9.17, 15) is 0 Å². The second kappa shape index (κ2) is 4.11. The maximum absolute atomic E-state index is 5.92. The molecule has 0 aromatic carbocycles. The summed E-state index contributed by atoms with van der Waals surface area (Å²) in [6.07, 6.45) is 2.43. The van der Waals surface area contributed by atoms with Gasteiger partial charge in [0.15, 0.2) is 10.2 Å². The number of furan rings is 1. The van der Waals surface area contributed by atoms with E-state index in [-0.39, 0.29) is 5.60 Å². The van der Waals surface area contributed by atoms with E-state index in [4.69, 9.17) is 21.4 Å². The number of nitrogens with one attached hydrogen (secondary N) is 1. The van der Waals surface area contributed by atoms with Gasteiger partial charge in [-0.15, -0.1) is 0 Å². The zero-order chi connectivity index (χ0) is 14.8. The zero-order valence-electron chi connectivity index (χ0n) is 12.1. The van der Waals surface area contributed by atoms with Crippen molar-refractivity contribution in [2.45, 2.75) is 39.4 Å². The lowest BCUT2D eigenvalue weighted by molar-refractivity contribution is -0.0400. The van der Waals surface area contributed by atoms with Crippen LogP contribution in [0.25, 0.3) is 22.2 Å². The van der Waals surface area contributed by atoms with Gasteiger partial charge in [0, 0.05) is 17.7 Å².